The molecule has 3 heterocycles. The summed E-state index contributed by atoms with van der Waals surface area (Å²) in [4.78, 5) is 24.6. The topological polar surface area (TPSA) is 87.5 Å². The molecule has 2 aliphatic heterocycles. The Hall–Kier alpha value is -2.12. The molecule has 22 heavy (non-hydrogen) atoms. The number of hydrogen-bond donors (Lipinski definition) is 2. The number of carbonyl (C=O) groups excluding carboxylic acids is 1. The first kappa shape index (κ1) is 14.8. The van der Waals surface area contributed by atoms with Gasteiger partial charge in [-0.3, -0.25) is 9.69 Å². The van der Waals surface area contributed by atoms with E-state index in [4.69, 9.17) is 5.73 Å². The van der Waals surface area contributed by atoms with Crippen LogP contribution >= 0.6 is 11.8 Å². The maximum atomic E-state index is 11.8. The third kappa shape index (κ3) is 2.53. The summed E-state index contributed by atoms with van der Waals surface area (Å²) in [5.74, 6) is -0.866. The van der Waals surface area contributed by atoms with Crippen molar-refractivity contribution < 1.29 is 19.3 Å². The largest absolute Gasteiger partial charge is 0.477 e. The van der Waals surface area contributed by atoms with Gasteiger partial charge in [-0.2, -0.15) is 0 Å². The lowest BCUT2D eigenvalue weighted by atomic mass is 10.0. The number of hydrogen-bond acceptors (Lipinski definition) is 4. The Balaban J connectivity index is 1.81. The van der Waals surface area contributed by atoms with E-state index >= 15 is 0 Å². The summed E-state index contributed by atoms with van der Waals surface area (Å²) >= 11 is 1.50. The van der Waals surface area contributed by atoms with Gasteiger partial charge >= 0.3 is 5.97 Å². The summed E-state index contributed by atoms with van der Waals surface area (Å²) in [5, 5.41) is 9.16. The van der Waals surface area contributed by atoms with Gasteiger partial charge in [0.2, 0.25) is 5.91 Å². The third-order valence-corrected chi connectivity index (χ3v) is 4.98. The standard InChI is InChI=1S/C15H15N3O3S/c16-11-13(19)18-12(15(20)21)10(9-22-14(11)18)5-4-8-17-6-2-1-3-7-17/h1-7,11,14H,8-9,16H2/p+1/b5-4+/t11-,14-/m1/s1. The van der Waals surface area contributed by atoms with E-state index in [1.807, 2.05) is 41.2 Å². The highest BCUT2D eigenvalue weighted by atomic mass is 32.2. The molecule has 3 N–H and O–H groups in total. The zero-order valence-electron chi connectivity index (χ0n) is 11.8. The Bertz CT molecular complexity index is 672. The molecule has 1 amide bonds. The van der Waals surface area contributed by atoms with E-state index in [1.165, 1.54) is 16.7 Å². The van der Waals surface area contributed by atoms with Gasteiger partial charge in [0, 0.05) is 17.9 Å². The van der Waals surface area contributed by atoms with Crippen molar-refractivity contribution in [1.29, 1.82) is 0 Å². The fourth-order valence-electron chi connectivity index (χ4n) is 2.54. The number of β-lactam (4-membered cyclic amide) rings is 1. The maximum absolute atomic E-state index is 11.8. The number of carbonyl (C=O) groups is 2. The summed E-state index contributed by atoms with van der Waals surface area (Å²) in [7, 11) is 0. The monoisotopic (exact) mass is 318 g/mol. The van der Waals surface area contributed by atoms with Gasteiger partial charge in [0.05, 0.1) is 0 Å². The minimum Gasteiger partial charge on any atom is -0.477 e. The Morgan fingerprint density at radius 3 is 2.86 bits per heavy atom. The van der Waals surface area contributed by atoms with Gasteiger partial charge in [-0.25, -0.2) is 9.36 Å². The average molecular weight is 318 g/mol. The van der Waals surface area contributed by atoms with Crippen molar-refractivity contribution in [2.75, 3.05) is 5.75 Å². The third-order valence-electron chi connectivity index (χ3n) is 3.65. The lowest BCUT2D eigenvalue weighted by Crippen LogP contribution is -2.68. The number of aromatic nitrogens is 1. The highest BCUT2D eigenvalue weighted by Crippen LogP contribution is 2.39. The molecule has 7 heteroatoms. The van der Waals surface area contributed by atoms with E-state index in [0.717, 1.165) is 0 Å². The van der Waals surface area contributed by atoms with E-state index in [0.29, 0.717) is 17.9 Å². The molecule has 0 saturated carbocycles. The summed E-state index contributed by atoms with van der Waals surface area (Å²) in [6, 6.07) is 5.19. The van der Waals surface area contributed by atoms with E-state index in [2.05, 4.69) is 0 Å². The van der Waals surface area contributed by atoms with Crippen LogP contribution < -0.4 is 10.3 Å². The molecule has 2 aliphatic rings. The number of carboxylic acid groups (broad SMARTS) is 1. The van der Waals surface area contributed by atoms with Gasteiger partial charge < -0.3 is 10.8 Å². The lowest BCUT2D eigenvalue weighted by molar-refractivity contribution is -0.687. The number of pyridine rings is 1. The zero-order valence-corrected chi connectivity index (χ0v) is 12.6. The zero-order chi connectivity index (χ0) is 15.7. The van der Waals surface area contributed by atoms with Gasteiger partial charge in [-0.05, 0) is 11.6 Å². The van der Waals surface area contributed by atoms with Crippen molar-refractivity contribution in [2.24, 2.45) is 5.73 Å². The molecule has 0 aliphatic carbocycles. The molecule has 1 saturated heterocycles. The molecule has 6 nitrogen and oxygen atoms in total. The van der Waals surface area contributed by atoms with Crippen molar-refractivity contribution in [1.82, 2.24) is 4.90 Å². The minimum atomic E-state index is -1.09. The predicted molar refractivity (Wildman–Crippen MR) is 81.5 cm³/mol. The van der Waals surface area contributed by atoms with Crippen LogP contribution in [-0.4, -0.2) is 39.1 Å². The fourth-order valence-corrected chi connectivity index (χ4v) is 3.81. The number of amides is 1. The quantitative estimate of drug-likeness (QED) is 0.608. The van der Waals surface area contributed by atoms with Gasteiger partial charge in [-0.1, -0.05) is 12.1 Å². The predicted octanol–water partition coefficient (Wildman–Crippen LogP) is 0.111. The van der Waals surface area contributed by atoms with Crippen LogP contribution in [0.1, 0.15) is 0 Å². The second-order valence-electron chi connectivity index (χ2n) is 5.09. The van der Waals surface area contributed by atoms with Crippen LogP contribution in [0, 0.1) is 0 Å². The van der Waals surface area contributed by atoms with Gasteiger partial charge in [0.25, 0.3) is 0 Å². The number of aliphatic carboxylic acids is 1. The van der Waals surface area contributed by atoms with Gasteiger partial charge in [-0.15, -0.1) is 11.8 Å². The van der Waals surface area contributed by atoms with E-state index in [1.54, 1.807) is 6.08 Å². The Labute approximate surface area is 131 Å². The second kappa shape index (κ2) is 5.94. The molecule has 0 aromatic carbocycles. The highest BCUT2D eigenvalue weighted by Gasteiger charge is 2.51. The van der Waals surface area contributed by atoms with Crippen molar-refractivity contribution >= 4 is 23.6 Å². The van der Waals surface area contributed by atoms with Crippen LogP contribution in [0.25, 0.3) is 0 Å². The lowest BCUT2D eigenvalue weighted by Gasteiger charge is -2.47. The van der Waals surface area contributed by atoms with Crippen molar-refractivity contribution in [3.63, 3.8) is 0 Å². The van der Waals surface area contributed by atoms with Crippen LogP contribution in [0.3, 0.4) is 0 Å². The van der Waals surface area contributed by atoms with Gasteiger partial charge in [0.1, 0.15) is 17.1 Å². The Morgan fingerprint density at radius 2 is 2.18 bits per heavy atom. The Kier molecular flexibility index (Phi) is 4.00. The molecule has 2 atom stereocenters. The van der Waals surface area contributed by atoms with Crippen molar-refractivity contribution in [2.45, 2.75) is 18.0 Å². The molecule has 1 fully saturated rings. The van der Waals surface area contributed by atoms with Gasteiger partial charge in [0.15, 0.2) is 18.9 Å². The number of allylic oxidation sites excluding steroid dienone is 2. The second-order valence-corrected chi connectivity index (χ2v) is 6.19. The molecule has 114 valence electrons. The van der Waals surface area contributed by atoms with E-state index in [9.17, 15) is 14.7 Å². The highest BCUT2D eigenvalue weighted by molar-refractivity contribution is 8.00. The van der Waals surface area contributed by atoms with Crippen molar-refractivity contribution in [3.05, 3.63) is 54.0 Å². The smallest absolute Gasteiger partial charge is 0.352 e. The number of nitrogens with zero attached hydrogens (tertiary/aromatic N) is 2. The van der Waals surface area contributed by atoms with E-state index < -0.39 is 12.0 Å². The summed E-state index contributed by atoms with van der Waals surface area (Å²) < 4.78 is 1.97. The number of thioether (sulfide) groups is 1. The molecule has 0 bridgehead atoms. The van der Waals surface area contributed by atoms with Crippen LogP contribution in [-0.2, 0) is 16.1 Å². The summed E-state index contributed by atoms with van der Waals surface area (Å²) in [6.07, 6.45) is 7.54. The molecule has 0 radical (unpaired) electrons. The van der Waals surface area contributed by atoms with Crippen LogP contribution in [0.15, 0.2) is 54.0 Å². The summed E-state index contributed by atoms with van der Waals surface area (Å²) in [6.45, 7) is 0.638. The molecule has 0 unspecified atom stereocenters. The van der Waals surface area contributed by atoms with Crippen LogP contribution in [0.4, 0.5) is 0 Å². The fraction of sp³-hybridized carbons (Fsp3) is 0.267. The first-order valence-electron chi connectivity index (χ1n) is 6.87. The first-order valence-corrected chi connectivity index (χ1v) is 7.92. The normalized spacial score (nSPS) is 24.4. The number of carboxylic acids is 1. The van der Waals surface area contributed by atoms with Crippen molar-refractivity contribution in [3.8, 4) is 0 Å². The molecular formula is C15H16N3O3S+. The summed E-state index contributed by atoms with van der Waals surface area (Å²) in [5.41, 5.74) is 6.42. The van der Waals surface area contributed by atoms with Crippen LogP contribution in [0.5, 0.6) is 0 Å². The molecule has 0 spiro atoms. The Morgan fingerprint density at radius 1 is 1.45 bits per heavy atom. The average Bonchev–Trinajstić information content (AvgIpc) is 2.54. The number of nitrogens with two attached hydrogens (primary N) is 1. The number of rotatable bonds is 4. The molecule has 3 rings (SSSR count). The molecular weight excluding hydrogens is 302 g/mol. The molecule has 1 aromatic rings. The minimum absolute atomic E-state index is 0.0600. The van der Waals surface area contributed by atoms with E-state index in [-0.39, 0.29) is 17.0 Å². The maximum Gasteiger partial charge on any atom is 0.352 e. The first-order chi connectivity index (χ1) is 10.6. The number of fused-ring (bicyclic) bond motifs is 1. The molecule has 1 aromatic heterocycles. The SMILES string of the molecule is N[C@@H]1C(=O)N2C(C(=O)O)=C(/C=C/C[n+]3ccccc3)CS[C@H]12. The van der Waals surface area contributed by atoms with Crippen LogP contribution in [0.2, 0.25) is 0 Å².